The number of hydrogen-bond acceptors (Lipinski definition) is 3. The molecule has 2 aromatic rings. The number of carbonyl (C=O) groups excluding carboxylic acids is 1. The molecule has 2 aromatic carbocycles. The van der Waals surface area contributed by atoms with E-state index in [-0.39, 0.29) is 11.7 Å². The van der Waals surface area contributed by atoms with E-state index in [1.165, 1.54) is 24.1 Å². The quantitative estimate of drug-likeness (QED) is 0.496. The zero-order chi connectivity index (χ0) is 18.4. The Morgan fingerprint density at radius 1 is 1.20 bits per heavy atom. The lowest BCUT2D eigenvalue weighted by Gasteiger charge is -2.19. The zero-order valence-electron chi connectivity index (χ0n) is 13.9. The van der Waals surface area contributed by atoms with Gasteiger partial charge in [-0.2, -0.15) is 8.78 Å². The lowest BCUT2D eigenvalue weighted by Crippen LogP contribution is -2.33. The van der Waals surface area contributed by atoms with Crippen LogP contribution < -0.4 is 10.5 Å². The van der Waals surface area contributed by atoms with Gasteiger partial charge in [-0.15, -0.1) is 0 Å². The highest BCUT2D eigenvalue weighted by Crippen LogP contribution is 2.30. The standard InChI is InChI=1S/C18H19F2N3O2/c1-12-5-3-4-6-15(12)16(22-18(21)23(2)11-24)13-7-9-14(10-8-13)25-17(19)20/h3-11,16-17H,1-2H3,(H2,21,22). The topological polar surface area (TPSA) is 67.9 Å². The summed E-state index contributed by atoms with van der Waals surface area (Å²) in [6.07, 6.45) is 0.563. The Morgan fingerprint density at radius 3 is 2.40 bits per heavy atom. The van der Waals surface area contributed by atoms with E-state index in [0.29, 0.717) is 6.41 Å². The molecule has 1 atom stereocenters. The van der Waals surface area contributed by atoms with Crippen LogP contribution in [-0.2, 0) is 4.79 Å². The Hall–Kier alpha value is -2.96. The maximum atomic E-state index is 12.3. The van der Waals surface area contributed by atoms with E-state index in [2.05, 4.69) is 9.73 Å². The number of guanidine groups is 1. The summed E-state index contributed by atoms with van der Waals surface area (Å²) >= 11 is 0. The van der Waals surface area contributed by atoms with Gasteiger partial charge in [-0.25, -0.2) is 4.99 Å². The minimum atomic E-state index is -2.88. The van der Waals surface area contributed by atoms with Crippen LogP contribution in [-0.4, -0.2) is 30.9 Å². The Bertz CT molecular complexity index is 748. The minimum Gasteiger partial charge on any atom is -0.435 e. The molecular formula is C18H19F2N3O2. The number of aryl methyl sites for hydroxylation is 1. The van der Waals surface area contributed by atoms with Crippen molar-refractivity contribution in [2.75, 3.05) is 7.05 Å². The molecule has 0 radical (unpaired) electrons. The van der Waals surface area contributed by atoms with Gasteiger partial charge >= 0.3 is 6.61 Å². The summed E-state index contributed by atoms with van der Waals surface area (Å²) < 4.78 is 29.0. The summed E-state index contributed by atoms with van der Waals surface area (Å²) in [6, 6.07) is 13.3. The highest BCUT2D eigenvalue weighted by molar-refractivity contribution is 5.87. The van der Waals surface area contributed by atoms with Gasteiger partial charge in [0.05, 0.1) is 0 Å². The van der Waals surface area contributed by atoms with Crippen molar-refractivity contribution in [3.63, 3.8) is 0 Å². The van der Waals surface area contributed by atoms with Gasteiger partial charge in [0.25, 0.3) is 0 Å². The van der Waals surface area contributed by atoms with Crippen LogP contribution in [0.3, 0.4) is 0 Å². The van der Waals surface area contributed by atoms with Crippen molar-refractivity contribution < 1.29 is 18.3 Å². The Labute approximate surface area is 144 Å². The van der Waals surface area contributed by atoms with Crippen LogP contribution in [0.25, 0.3) is 0 Å². The van der Waals surface area contributed by atoms with Gasteiger partial charge in [0.2, 0.25) is 6.41 Å². The molecule has 0 aliphatic carbocycles. The molecule has 0 heterocycles. The molecule has 2 rings (SSSR count). The average Bonchev–Trinajstić information content (AvgIpc) is 2.60. The number of rotatable bonds is 6. The zero-order valence-corrected chi connectivity index (χ0v) is 13.9. The van der Waals surface area contributed by atoms with Gasteiger partial charge in [-0.3, -0.25) is 9.69 Å². The fraction of sp³-hybridized carbons (Fsp3) is 0.222. The first kappa shape index (κ1) is 18.4. The van der Waals surface area contributed by atoms with E-state index in [1.54, 1.807) is 12.1 Å². The molecule has 1 unspecified atom stereocenters. The third kappa shape index (κ3) is 4.76. The number of nitrogens with two attached hydrogens (primary N) is 1. The molecule has 0 aliphatic rings. The Morgan fingerprint density at radius 2 is 1.84 bits per heavy atom. The molecule has 25 heavy (non-hydrogen) atoms. The molecule has 0 saturated heterocycles. The number of ether oxygens (including phenoxy) is 1. The number of amides is 1. The first-order chi connectivity index (χ1) is 11.9. The van der Waals surface area contributed by atoms with Gasteiger partial charge < -0.3 is 10.5 Å². The van der Waals surface area contributed by atoms with Crippen LogP contribution in [0.5, 0.6) is 5.75 Å². The molecule has 0 bridgehead atoms. The van der Waals surface area contributed by atoms with Crippen molar-refractivity contribution in [1.82, 2.24) is 4.90 Å². The average molecular weight is 347 g/mol. The number of halogens is 2. The molecule has 5 nitrogen and oxygen atoms in total. The van der Waals surface area contributed by atoms with E-state index in [4.69, 9.17) is 5.73 Å². The summed E-state index contributed by atoms with van der Waals surface area (Å²) in [5.74, 6) is 0.111. The van der Waals surface area contributed by atoms with Crippen molar-refractivity contribution in [1.29, 1.82) is 0 Å². The van der Waals surface area contributed by atoms with E-state index in [1.807, 2.05) is 31.2 Å². The van der Waals surface area contributed by atoms with E-state index < -0.39 is 12.7 Å². The molecule has 1 amide bonds. The first-order valence-corrected chi connectivity index (χ1v) is 7.54. The fourth-order valence-corrected chi connectivity index (χ4v) is 2.33. The SMILES string of the molecule is Cc1ccccc1C(/N=C(/N)N(C)C=O)c1ccc(OC(F)F)cc1. The fourth-order valence-electron chi connectivity index (χ4n) is 2.33. The van der Waals surface area contributed by atoms with Crippen LogP contribution in [0.1, 0.15) is 22.7 Å². The largest absolute Gasteiger partial charge is 0.435 e. The van der Waals surface area contributed by atoms with Crippen molar-refractivity contribution in [3.05, 3.63) is 65.2 Å². The van der Waals surface area contributed by atoms with Crippen molar-refractivity contribution in [3.8, 4) is 5.75 Å². The van der Waals surface area contributed by atoms with Crippen LogP contribution in [0, 0.1) is 6.92 Å². The minimum absolute atomic E-state index is 0.0520. The molecule has 132 valence electrons. The van der Waals surface area contributed by atoms with Crippen LogP contribution in [0.2, 0.25) is 0 Å². The van der Waals surface area contributed by atoms with E-state index >= 15 is 0 Å². The highest BCUT2D eigenvalue weighted by Gasteiger charge is 2.17. The number of hydrogen-bond donors (Lipinski definition) is 1. The third-order valence-electron chi connectivity index (χ3n) is 3.68. The number of benzene rings is 2. The smallest absolute Gasteiger partial charge is 0.387 e. The van der Waals surface area contributed by atoms with Gasteiger partial charge in [-0.1, -0.05) is 36.4 Å². The summed E-state index contributed by atoms with van der Waals surface area (Å²) in [7, 11) is 1.50. The third-order valence-corrected chi connectivity index (χ3v) is 3.68. The maximum Gasteiger partial charge on any atom is 0.387 e. The molecule has 0 spiro atoms. The summed E-state index contributed by atoms with van der Waals surface area (Å²) in [5.41, 5.74) is 8.49. The number of aliphatic imine (C=N–C) groups is 1. The molecule has 0 fully saturated rings. The van der Waals surface area contributed by atoms with Gasteiger partial charge in [0.15, 0.2) is 5.96 Å². The first-order valence-electron chi connectivity index (χ1n) is 7.54. The normalized spacial score (nSPS) is 12.8. The molecule has 7 heteroatoms. The second-order valence-corrected chi connectivity index (χ2v) is 5.41. The number of nitrogens with zero attached hydrogens (tertiary/aromatic N) is 2. The van der Waals surface area contributed by atoms with Crippen LogP contribution >= 0.6 is 0 Å². The van der Waals surface area contributed by atoms with Crippen molar-refractivity contribution >= 4 is 12.4 Å². The molecular weight excluding hydrogens is 328 g/mol. The highest BCUT2D eigenvalue weighted by atomic mass is 19.3. The van der Waals surface area contributed by atoms with E-state index in [9.17, 15) is 13.6 Å². The van der Waals surface area contributed by atoms with Crippen molar-refractivity contribution in [2.24, 2.45) is 10.7 Å². The second-order valence-electron chi connectivity index (χ2n) is 5.41. The summed E-state index contributed by atoms with van der Waals surface area (Å²) in [6.45, 7) is -0.945. The number of carbonyl (C=O) groups is 1. The predicted octanol–water partition coefficient (Wildman–Crippen LogP) is 3.09. The summed E-state index contributed by atoms with van der Waals surface area (Å²) in [4.78, 5) is 16.5. The molecule has 0 aliphatic heterocycles. The van der Waals surface area contributed by atoms with Crippen LogP contribution in [0.4, 0.5) is 8.78 Å². The van der Waals surface area contributed by atoms with Gasteiger partial charge in [0, 0.05) is 7.05 Å². The lowest BCUT2D eigenvalue weighted by atomic mass is 9.95. The molecule has 0 saturated carbocycles. The molecule has 0 aromatic heterocycles. The molecule has 2 N–H and O–H groups in total. The van der Waals surface area contributed by atoms with E-state index in [0.717, 1.165) is 16.7 Å². The Kier molecular flexibility index (Phi) is 6.05. The monoisotopic (exact) mass is 347 g/mol. The maximum absolute atomic E-state index is 12.3. The summed E-state index contributed by atoms with van der Waals surface area (Å²) in [5, 5.41) is 0. The second kappa shape index (κ2) is 8.23. The lowest BCUT2D eigenvalue weighted by molar-refractivity contribution is -0.114. The predicted molar refractivity (Wildman–Crippen MR) is 91.5 cm³/mol. The number of alkyl halides is 2. The Balaban J connectivity index is 2.44. The van der Waals surface area contributed by atoms with Crippen LogP contribution in [0.15, 0.2) is 53.5 Å². The van der Waals surface area contributed by atoms with Gasteiger partial charge in [-0.05, 0) is 35.7 Å². The van der Waals surface area contributed by atoms with Crippen molar-refractivity contribution in [2.45, 2.75) is 19.6 Å². The van der Waals surface area contributed by atoms with Gasteiger partial charge in [0.1, 0.15) is 11.8 Å².